The van der Waals surface area contributed by atoms with Gasteiger partial charge in [-0.2, -0.15) is 0 Å². The smallest absolute Gasteiger partial charge is 0.133 e. The average Bonchev–Trinajstić information content (AvgIpc) is 2.75. The molecule has 8 unspecified atom stereocenters. The van der Waals surface area contributed by atoms with Crippen LogP contribution in [0.15, 0.2) is 11.6 Å². The number of carbonyl (C=O) groups excluding carboxylic acids is 1. The fourth-order valence-corrected chi connectivity index (χ4v) is 8.24. The summed E-state index contributed by atoms with van der Waals surface area (Å²) in [6.07, 6.45) is 15.2. The molecule has 0 spiro atoms. The Kier molecular flexibility index (Phi) is 8.15. The summed E-state index contributed by atoms with van der Waals surface area (Å²) in [5.41, 5.74) is 2.48. The molecular weight excluding hydrogens is 380 g/mol. The highest BCUT2D eigenvalue weighted by Gasteiger charge is 2.54. The molecule has 0 saturated heterocycles. The topological polar surface area (TPSA) is 37.3 Å². The Morgan fingerprint density at radius 3 is 2.55 bits per heavy atom. The van der Waals surface area contributed by atoms with Crippen molar-refractivity contribution in [1.82, 2.24) is 0 Å². The van der Waals surface area contributed by atoms with Crippen molar-refractivity contribution in [2.24, 2.45) is 46.3 Å². The minimum Gasteiger partial charge on any atom is -0.396 e. The number of ketones is 1. The maximum absolute atomic E-state index is 12.1. The van der Waals surface area contributed by atoms with Gasteiger partial charge in [-0.1, -0.05) is 78.9 Å². The van der Waals surface area contributed by atoms with E-state index in [1.165, 1.54) is 38.5 Å². The zero-order valence-electron chi connectivity index (χ0n) is 21.4. The van der Waals surface area contributed by atoms with Gasteiger partial charge in [0.25, 0.3) is 0 Å². The van der Waals surface area contributed by atoms with Gasteiger partial charge in [0.2, 0.25) is 0 Å². The zero-order chi connectivity index (χ0) is 22.8. The molecule has 0 aromatic rings. The van der Waals surface area contributed by atoms with Gasteiger partial charge in [-0.25, -0.2) is 0 Å². The Balaban J connectivity index is 1.73. The number of allylic oxidation sites excluding steroid dienone is 2. The van der Waals surface area contributed by atoms with Crippen molar-refractivity contribution in [3.05, 3.63) is 11.6 Å². The van der Waals surface area contributed by atoms with Crippen LogP contribution >= 0.6 is 0 Å². The van der Waals surface area contributed by atoms with E-state index in [9.17, 15) is 9.90 Å². The fraction of sp³-hybridized carbons (Fsp3) is 0.897. The number of aliphatic hydroxyl groups is 1. The molecule has 178 valence electrons. The number of rotatable bonds is 9. The second-order valence-corrected chi connectivity index (χ2v) is 12.1. The van der Waals surface area contributed by atoms with Crippen LogP contribution in [0.2, 0.25) is 0 Å². The molecule has 2 fully saturated rings. The minimum atomic E-state index is 0.345. The molecule has 2 saturated carbocycles. The molecule has 0 bridgehead atoms. The highest BCUT2D eigenvalue weighted by atomic mass is 16.3. The van der Waals surface area contributed by atoms with Crippen LogP contribution in [-0.4, -0.2) is 17.5 Å². The van der Waals surface area contributed by atoms with Crippen molar-refractivity contribution in [3.8, 4) is 0 Å². The normalized spacial score (nSPS) is 38.6. The third kappa shape index (κ3) is 4.71. The first-order valence-electron chi connectivity index (χ1n) is 13.5. The number of hydrogen-bond acceptors (Lipinski definition) is 2. The lowest BCUT2D eigenvalue weighted by molar-refractivity contribution is -0.127. The molecule has 31 heavy (non-hydrogen) atoms. The van der Waals surface area contributed by atoms with E-state index >= 15 is 0 Å². The summed E-state index contributed by atoms with van der Waals surface area (Å²) in [6, 6.07) is 0. The first-order valence-corrected chi connectivity index (χ1v) is 13.5. The van der Waals surface area contributed by atoms with E-state index in [0.717, 1.165) is 43.9 Å². The van der Waals surface area contributed by atoms with Gasteiger partial charge < -0.3 is 5.11 Å². The molecular formula is C29H50O2. The van der Waals surface area contributed by atoms with Crippen molar-refractivity contribution >= 4 is 5.78 Å². The molecule has 8 atom stereocenters. The third-order valence-electron chi connectivity index (χ3n) is 10.7. The monoisotopic (exact) mass is 430 g/mol. The number of carbonyl (C=O) groups is 1. The van der Waals surface area contributed by atoms with Crippen molar-refractivity contribution < 1.29 is 9.90 Å². The molecule has 3 rings (SSSR count). The van der Waals surface area contributed by atoms with Crippen molar-refractivity contribution in [3.63, 3.8) is 0 Å². The molecule has 3 aliphatic carbocycles. The number of hydrogen-bond donors (Lipinski definition) is 1. The molecule has 0 aromatic carbocycles. The van der Waals surface area contributed by atoms with Crippen LogP contribution < -0.4 is 0 Å². The van der Waals surface area contributed by atoms with Crippen LogP contribution in [0.4, 0.5) is 0 Å². The zero-order valence-corrected chi connectivity index (χ0v) is 21.4. The molecule has 0 radical (unpaired) electrons. The summed E-state index contributed by atoms with van der Waals surface area (Å²) in [6.45, 7) is 15.1. The highest BCUT2D eigenvalue weighted by Crippen LogP contribution is 2.63. The lowest BCUT2D eigenvalue weighted by Crippen LogP contribution is -2.50. The second-order valence-electron chi connectivity index (χ2n) is 12.1. The number of aliphatic hydroxyl groups excluding tert-OH is 1. The quantitative estimate of drug-likeness (QED) is 0.382. The predicted octanol–water partition coefficient (Wildman–Crippen LogP) is 7.60. The van der Waals surface area contributed by atoms with Crippen molar-refractivity contribution in [1.29, 1.82) is 0 Å². The summed E-state index contributed by atoms with van der Waals surface area (Å²) in [5, 5.41) is 9.53. The van der Waals surface area contributed by atoms with Gasteiger partial charge in [0, 0.05) is 19.4 Å². The summed E-state index contributed by atoms with van der Waals surface area (Å²) in [4.78, 5) is 12.1. The van der Waals surface area contributed by atoms with Gasteiger partial charge in [0.15, 0.2) is 0 Å². The van der Waals surface area contributed by atoms with Crippen LogP contribution in [0, 0.1) is 46.3 Å². The van der Waals surface area contributed by atoms with Crippen molar-refractivity contribution in [2.45, 2.75) is 112 Å². The van der Waals surface area contributed by atoms with Gasteiger partial charge in [0.1, 0.15) is 5.78 Å². The molecule has 0 heterocycles. The predicted molar refractivity (Wildman–Crippen MR) is 131 cm³/mol. The fourth-order valence-electron chi connectivity index (χ4n) is 8.24. The van der Waals surface area contributed by atoms with Crippen LogP contribution in [0.3, 0.4) is 0 Å². The molecule has 2 heteroatoms. The second kappa shape index (κ2) is 10.1. The van der Waals surface area contributed by atoms with Gasteiger partial charge in [0.05, 0.1) is 0 Å². The summed E-state index contributed by atoms with van der Waals surface area (Å²) in [7, 11) is 0. The van der Waals surface area contributed by atoms with Crippen LogP contribution in [-0.2, 0) is 4.79 Å². The molecule has 2 nitrogen and oxygen atoms in total. The first-order chi connectivity index (χ1) is 14.7. The van der Waals surface area contributed by atoms with E-state index in [1.54, 1.807) is 5.57 Å². The van der Waals surface area contributed by atoms with E-state index < -0.39 is 0 Å². The van der Waals surface area contributed by atoms with E-state index in [1.807, 2.05) is 0 Å². The lowest BCUT2D eigenvalue weighted by Gasteiger charge is -2.58. The Bertz CT molecular complexity index is 647. The van der Waals surface area contributed by atoms with Crippen molar-refractivity contribution in [2.75, 3.05) is 6.61 Å². The highest BCUT2D eigenvalue weighted by molar-refractivity contribution is 5.79. The molecule has 3 aliphatic rings. The van der Waals surface area contributed by atoms with E-state index in [0.29, 0.717) is 46.9 Å². The molecule has 0 aliphatic heterocycles. The summed E-state index contributed by atoms with van der Waals surface area (Å²) < 4.78 is 0. The average molecular weight is 431 g/mol. The minimum absolute atomic E-state index is 0.345. The van der Waals surface area contributed by atoms with Gasteiger partial charge in [-0.15, -0.1) is 0 Å². The largest absolute Gasteiger partial charge is 0.396 e. The van der Waals surface area contributed by atoms with Gasteiger partial charge >= 0.3 is 0 Å². The first kappa shape index (κ1) is 25.0. The molecule has 0 amide bonds. The maximum Gasteiger partial charge on any atom is 0.133 e. The summed E-state index contributed by atoms with van der Waals surface area (Å²) >= 11 is 0. The molecule has 0 aromatic heterocycles. The maximum atomic E-state index is 12.1. The Morgan fingerprint density at radius 1 is 1.16 bits per heavy atom. The third-order valence-corrected chi connectivity index (χ3v) is 10.7. The van der Waals surface area contributed by atoms with Gasteiger partial charge in [-0.3, -0.25) is 4.79 Å². The number of Topliss-reactive ketones (excluding diaryl/α,β-unsaturated/α-hetero) is 1. The van der Waals surface area contributed by atoms with Gasteiger partial charge in [-0.05, 0) is 78.4 Å². The Hall–Kier alpha value is -0.630. The summed E-state index contributed by atoms with van der Waals surface area (Å²) in [5.74, 6) is 4.42. The SMILES string of the molecule is CCC(CO)CCCC(C)C(CC)C1(C)CCC2C(=CCC3CC(=O)CCC32C)C1C. The van der Waals surface area contributed by atoms with Crippen LogP contribution in [0.25, 0.3) is 0 Å². The molecule has 1 N–H and O–H groups in total. The van der Waals surface area contributed by atoms with E-state index in [2.05, 4.69) is 47.6 Å². The lowest BCUT2D eigenvalue weighted by atomic mass is 9.46. The van der Waals surface area contributed by atoms with E-state index in [4.69, 9.17) is 0 Å². The van der Waals surface area contributed by atoms with Crippen LogP contribution in [0.5, 0.6) is 0 Å². The van der Waals surface area contributed by atoms with Crippen LogP contribution in [0.1, 0.15) is 112 Å². The Labute approximate surface area is 192 Å². The van der Waals surface area contributed by atoms with E-state index in [-0.39, 0.29) is 0 Å². The standard InChI is InChI=1S/C29H50O2/c1-7-22(19-30)11-9-10-20(3)26(8-2)28(5)17-15-27-25(21(28)4)13-12-23-18-24(31)14-16-29(23,27)6/h13,20-23,26-27,30H,7-12,14-19H2,1-6H3. The number of fused-ring (bicyclic) bond motifs is 3. The Morgan fingerprint density at radius 2 is 1.90 bits per heavy atom.